The van der Waals surface area contributed by atoms with E-state index in [1.807, 2.05) is 37.5 Å². The molecule has 5 aromatic rings. The van der Waals surface area contributed by atoms with Gasteiger partial charge in [0, 0.05) is 51.4 Å². The van der Waals surface area contributed by atoms with E-state index < -0.39 is 17.2 Å². The molecule has 0 N–H and O–H groups in total. The third-order valence-electron chi connectivity index (χ3n) is 7.57. The highest BCUT2D eigenvalue weighted by Crippen LogP contribution is 2.42. The van der Waals surface area contributed by atoms with E-state index in [0.29, 0.717) is 33.6 Å². The molecule has 8 nitrogen and oxygen atoms in total. The van der Waals surface area contributed by atoms with Crippen LogP contribution in [-0.2, 0) is 32.7 Å². The van der Waals surface area contributed by atoms with Gasteiger partial charge in [0.15, 0.2) is 0 Å². The minimum Gasteiger partial charge on any atom is -0.370 e. The Hall–Kier alpha value is -4.02. The zero-order chi connectivity index (χ0) is 28.0. The molecule has 0 spiro atoms. The zero-order valence-corrected chi connectivity index (χ0v) is 22.8. The van der Waals surface area contributed by atoms with Gasteiger partial charge in [-0.05, 0) is 36.2 Å². The summed E-state index contributed by atoms with van der Waals surface area (Å²) in [6.45, 7) is 7.68. The van der Waals surface area contributed by atoms with Crippen molar-refractivity contribution < 1.29 is 13.2 Å². The summed E-state index contributed by atoms with van der Waals surface area (Å²) in [6.07, 6.45) is -0.547. The Balaban J connectivity index is 1.72. The standard InChI is InChI=1S/C28H30F3N7O/c1-27(2,3)25-33-20-12-18(16-14-32-34(4)15-16)19(28(29,30)31)13-21(20)38(25)17-10-22-24(36(6)26(39)35(22)5)23(11-17)37-8-7-9-37/h10-15H,7-9H2,1-6H3. The quantitative estimate of drug-likeness (QED) is 0.320. The molecule has 0 amide bonds. The Kier molecular flexibility index (Phi) is 5.34. The van der Waals surface area contributed by atoms with Crippen LogP contribution < -0.4 is 10.6 Å². The third kappa shape index (κ3) is 3.85. The van der Waals surface area contributed by atoms with Gasteiger partial charge in [-0.25, -0.2) is 9.78 Å². The predicted molar refractivity (Wildman–Crippen MR) is 146 cm³/mol. The smallest absolute Gasteiger partial charge is 0.370 e. The second-order valence-electron chi connectivity index (χ2n) is 11.4. The molecule has 0 atom stereocenters. The first kappa shape index (κ1) is 25.3. The highest BCUT2D eigenvalue weighted by molar-refractivity contribution is 5.94. The molecule has 0 unspecified atom stereocenters. The van der Waals surface area contributed by atoms with Crippen LogP contribution in [0.25, 0.3) is 38.9 Å². The molecule has 1 aliphatic heterocycles. The molecule has 0 radical (unpaired) electrons. The van der Waals surface area contributed by atoms with Crippen LogP contribution in [-0.4, -0.2) is 41.6 Å². The minimum atomic E-state index is -4.59. The summed E-state index contributed by atoms with van der Waals surface area (Å²) in [7, 11) is 5.13. The topological polar surface area (TPSA) is 65.8 Å². The number of alkyl halides is 3. The Labute approximate surface area is 222 Å². The average Bonchev–Trinajstić information content (AvgIpc) is 3.48. The molecular weight excluding hydrogens is 507 g/mol. The molecular formula is C28H30F3N7O. The van der Waals surface area contributed by atoms with Gasteiger partial charge >= 0.3 is 11.9 Å². The number of imidazole rings is 2. The van der Waals surface area contributed by atoms with Gasteiger partial charge in [-0.1, -0.05) is 20.8 Å². The Morgan fingerprint density at radius 2 is 1.64 bits per heavy atom. The van der Waals surface area contributed by atoms with E-state index in [2.05, 4.69) is 10.00 Å². The van der Waals surface area contributed by atoms with Crippen molar-refractivity contribution in [2.45, 2.75) is 38.8 Å². The van der Waals surface area contributed by atoms with Crippen LogP contribution >= 0.6 is 0 Å². The molecule has 11 heteroatoms. The first-order chi connectivity index (χ1) is 18.3. The number of anilines is 1. The lowest BCUT2D eigenvalue weighted by molar-refractivity contribution is -0.137. The molecule has 4 heterocycles. The van der Waals surface area contributed by atoms with Crippen LogP contribution in [0.4, 0.5) is 18.9 Å². The number of hydrogen-bond acceptors (Lipinski definition) is 4. The molecule has 3 aromatic heterocycles. The van der Waals surface area contributed by atoms with E-state index in [1.165, 1.54) is 23.0 Å². The summed E-state index contributed by atoms with van der Waals surface area (Å²) in [5, 5.41) is 4.08. The van der Waals surface area contributed by atoms with Crippen molar-refractivity contribution in [1.82, 2.24) is 28.5 Å². The SMILES string of the molecule is Cn1cc(-c2cc3nc(C(C)(C)C)n(-c4cc(N5CCC5)c5c(c4)n(C)c(=O)n5C)c3cc2C(F)(F)F)cn1. The van der Waals surface area contributed by atoms with Crippen molar-refractivity contribution in [2.24, 2.45) is 21.1 Å². The average molecular weight is 538 g/mol. The van der Waals surface area contributed by atoms with E-state index in [9.17, 15) is 18.0 Å². The molecule has 2 aromatic carbocycles. The molecule has 0 aliphatic carbocycles. The van der Waals surface area contributed by atoms with Gasteiger partial charge in [-0.2, -0.15) is 18.3 Å². The van der Waals surface area contributed by atoms with E-state index in [-0.39, 0.29) is 11.3 Å². The summed E-state index contributed by atoms with van der Waals surface area (Å²) < 4.78 is 49.9. The van der Waals surface area contributed by atoms with E-state index in [1.54, 1.807) is 36.5 Å². The summed E-state index contributed by atoms with van der Waals surface area (Å²) in [4.78, 5) is 20.0. The van der Waals surface area contributed by atoms with Crippen LogP contribution in [0.5, 0.6) is 0 Å². The van der Waals surface area contributed by atoms with Crippen LogP contribution in [0.2, 0.25) is 0 Å². The first-order valence-electron chi connectivity index (χ1n) is 12.8. The van der Waals surface area contributed by atoms with Crippen molar-refractivity contribution in [2.75, 3.05) is 18.0 Å². The van der Waals surface area contributed by atoms with Crippen molar-refractivity contribution in [3.8, 4) is 16.8 Å². The van der Waals surface area contributed by atoms with Crippen molar-refractivity contribution in [1.29, 1.82) is 0 Å². The first-order valence-corrected chi connectivity index (χ1v) is 12.8. The van der Waals surface area contributed by atoms with Gasteiger partial charge in [0.2, 0.25) is 0 Å². The Morgan fingerprint density at radius 1 is 0.923 bits per heavy atom. The maximum atomic E-state index is 14.5. The number of rotatable bonds is 3. The van der Waals surface area contributed by atoms with E-state index in [4.69, 9.17) is 4.98 Å². The summed E-state index contributed by atoms with van der Waals surface area (Å²) in [5.41, 5.74) is 2.91. The molecule has 1 aliphatic rings. The van der Waals surface area contributed by atoms with Crippen molar-refractivity contribution in [3.63, 3.8) is 0 Å². The number of nitrogens with zero attached hydrogens (tertiary/aromatic N) is 7. The summed E-state index contributed by atoms with van der Waals surface area (Å²) >= 11 is 0. The van der Waals surface area contributed by atoms with Gasteiger partial charge in [0.25, 0.3) is 0 Å². The fraction of sp³-hybridized carbons (Fsp3) is 0.393. The molecule has 0 saturated carbocycles. The molecule has 204 valence electrons. The second kappa shape index (κ2) is 8.24. The largest absolute Gasteiger partial charge is 0.417 e. The fourth-order valence-electron chi connectivity index (χ4n) is 5.46. The zero-order valence-electron chi connectivity index (χ0n) is 22.8. The van der Waals surface area contributed by atoms with Gasteiger partial charge < -0.3 is 4.90 Å². The normalized spacial score (nSPS) is 14.5. The number of benzene rings is 2. The molecule has 6 rings (SSSR count). The number of aromatic nitrogens is 6. The summed E-state index contributed by atoms with van der Waals surface area (Å²) in [5.74, 6) is 0.629. The molecule has 0 bridgehead atoms. The van der Waals surface area contributed by atoms with Crippen molar-refractivity contribution >= 4 is 27.8 Å². The number of aryl methyl sites for hydroxylation is 3. The molecule has 1 saturated heterocycles. The van der Waals surface area contributed by atoms with Crippen LogP contribution in [0.1, 0.15) is 38.6 Å². The van der Waals surface area contributed by atoms with Crippen molar-refractivity contribution in [3.05, 3.63) is 58.5 Å². The van der Waals surface area contributed by atoms with Crippen LogP contribution in [0.3, 0.4) is 0 Å². The maximum Gasteiger partial charge on any atom is 0.417 e. The van der Waals surface area contributed by atoms with E-state index >= 15 is 0 Å². The van der Waals surface area contributed by atoms with Crippen LogP contribution in [0, 0.1) is 0 Å². The lowest BCUT2D eigenvalue weighted by Crippen LogP contribution is -2.37. The second-order valence-corrected chi connectivity index (χ2v) is 11.4. The van der Waals surface area contributed by atoms with Gasteiger partial charge in [0.1, 0.15) is 5.82 Å². The Bertz CT molecular complexity index is 1820. The highest BCUT2D eigenvalue weighted by atomic mass is 19.4. The molecule has 39 heavy (non-hydrogen) atoms. The van der Waals surface area contributed by atoms with Gasteiger partial charge in [-0.15, -0.1) is 0 Å². The maximum absolute atomic E-state index is 14.5. The van der Waals surface area contributed by atoms with Crippen LogP contribution in [0.15, 0.2) is 41.5 Å². The van der Waals surface area contributed by atoms with Gasteiger partial charge in [-0.3, -0.25) is 18.4 Å². The lowest BCUT2D eigenvalue weighted by atomic mass is 9.95. The summed E-state index contributed by atoms with van der Waals surface area (Å²) in [6, 6.07) is 6.55. The van der Waals surface area contributed by atoms with Gasteiger partial charge in [0.05, 0.1) is 45.2 Å². The predicted octanol–water partition coefficient (Wildman–Crippen LogP) is 5.14. The third-order valence-corrected chi connectivity index (χ3v) is 7.57. The number of halogens is 3. The lowest BCUT2D eigenvalue weighted by Gasteiger charge is -2.34. The number of fused-ring (bicyclic) bond motifs is 2. The Morgan fingerprint density at radius 3 is 2.21 bits per heavy atom. The number of hydrogen-bond donors (Lipinski definition) is 0. The van der Waals surface area contributed by atoms with E-state index in [0.717, 1.165) is 30.7 Å². The minimum absolute atomic E-state index is 0.0374. The highest BCUT2D eigenvalue weighted by Gasteiger charge is 2.36. The monoisotopic (exact) mass is 537 g/mol. The fourth-order valence-corrected chi connectivity index (χ4v) is 5.46. The molecule has 1 fully saturated rings.